The van der Waals surface area contributed by atoms with E-state index in [0.717, 1.165) is 13.1 Å². The number of anilines is 3. The zero-order chi connectivity index (χ0) is 28.3. The Morgan fingerprint density at radius 1 is 1.07 bits per heavy atom. The number of ether oxygens (including phenoxy) is 1. The molecular weight excluding hydrogens is 534 g/mol. The first-order valence-electron chi connectivity index (χ1n) is 12.8. The highest BCUT2D eigenvalue weighted by molar-refractivity contribution is 7.92. The number of hydrogen-bond acceptors (Lipinski definition) is 8. The highest BCUT2D eigenvalue weighted by Gasteiger charge is 2.30. The summed E-state index contributed by atoms with van der Waals surface area (Å²) in [6.45, 7) is 3.68. The molecule has 2 aliphatic heterocycles. The number of benzene rings is 3. The molecule has 0 bridgehead atoms. The third-order valence-electron chi connectivity index (χ3n) is 6.82. The van der Waals surface area contributed by atoms with E-state index in [1.807, 2.05) is 30.3 Å². The van der Waals surface area contributed by atoms with Crippen LogP contribution in [0.15, 0.2) is 72.8 Å². The third-order valence-corrected chi connectivity index (χ3v) is 8.01. The summed E-state index contributed by atoms with van der Waals surface area (Å²) in [5, 5.41) is 17.5. The van der Waals surface area contributed by atoms with Crippen LogP contribution in [-0.4, -0.2) is 69.8 Å². The van der Waals surface area contributed by atoms with Crippen molar-refractivity contribution in [2.24, 2.45) is 0 Å². The number of non-ortho nitro benzene ring substituents is 1. The lowest BCUT2D eigenvalue weighted by atomic mass is 9.99. The van der Waals surface area contributed by atoms with Crippen molar-refractivity contribution in [1.29, 1.82) is 0 Å². The van der Waals surface area contributed by atoms with Crippen molar-refractivity contribution < 1.29 is 22.9 Å². The molecular formula is C28H29N5O6S. The Morgan fingerprint density at radius 2 is 1.77 bits per heavy atom. The standard InChI is InChI=1S/C28H29N5O6S/c1-40(37,38)32(14-13-31-15-17-39-18-16-31)22-9-7-21(8-10-22)29-27(20-5-3-2-4-6-20)26-24-19-23(33(35)36)11-12-25(24)30-28(26)34/h2-12,19,29H,13-18H2,1H3,(H,30,34). The number of carbonyl (C=O) groups excluding carboxylic acids is 1. The van der Waals surface area contributed by atoms with Gasteiger partial charge in [0.05, 0.1) is 41.4 Å². The monoisotopic (exact) mass is 563 g/mol. The second-order valence-electron chi connectivity index (χ2n) is 9.52. The van der Waals surface area contributed by atoms with Crippen LogP contribution < -0.4 is 14.9 Å². The van der Waals surface area contributed by atoms with Gasteiger partial charge in [-0.15, -0.1) is 0 Å². The zero-order valence-corrected chi connectivity index (χ0v) is 22.7. The molecule has 0 spiro atoms. The SMILES string of the molecule is CS(=O)(=O)N(CCN1CCOCC1)c1ccc(NC(=C2C(=O)Nc3ccc([N+](=O)[O-])cc32)c2ccccc2)cc1. The van der Waals surface area contributed by atoms with E-state index in [1.165, 1.54) is 28.8 Å². The van der Waals surface area contributed by atoms with Gasteiger partial charge in [0.15, 0.2) is 0 Å². The maximum Gasteiger partial charge on any atom is 0.270 e. The second kappa shape index (κ2) is 11.5. The lowest BCUT2D eigenvalue weighted by molar-refractivity contribution is -0.384. The highest BCUT2D eigenvalue weighted by Crippen LogP contribution is 2.39. The van der Waals surface area contributed by atoms with Crippen LogP contribution in [0, 0.1) is 10.1 Å². The molecule has 0 radical (unpaired) electrons. The topological polar surface area (TPSA) is 134 Å². The van der Waals surface area contributed by atoms with E-state index < -0.39 is 14.9 Å². The summed E-state index contributed by atoms with van der Waals surface area (Å²) in [4.78, 5) is 26.2. The van der Waals surface area contributed by atoms with E-state index in [4.69, 9.17) is 4.74 Å². The third kappa shape index (κ3) is 5.98. The lowest BCUT2D eigenvalue weighted by Crippen LogP contribution is -2.43. The molecule has 0 unspecified atom stereocenters. The fraction of sp³-hybridized carbons (Fsp3) is 0.250. The van der Waals surface area contributed by atoms with Crippen LogP contribution >= 0.6 is 0 Å². The number of sulfonamides is 1. The van der Waals surface area contributed by atoms with Crippen molar-refractivity contribution in [2.45, 2.75) is 0 Å². The van der Waals surface area contributed by atoms with Gasteiger partial charge < -0.3 is 15.4 Å². The van der Waals surface area contributed by atoms with Gasteiger partial charge in [0.2, 0.25) is 10.0 Å². The summed E-state index contributed by atoms with van der Waals surface area (Å²) in [7, 11) is -3.52. The number of nitro benzene ring substituents is 1. The van der Waals surface area contributed by atoms with E-state index >= 15 is 0 Å². The number of rotatable bonds is 9. The molecule has 40 heavy (non-hydrogen) atoms. The van der Waals surface area contributed by atoms with Crippen LogP contribution in [-0.2, 0) is 19.6 Å². The summed E-state index contributed by atoms with van der Waals surface area (Å²) < 4.78 is 32.0. The van der Waals surface area contributed by atoms with Crippen molar-refractivity contribution in [3.05, 3.63) is 94.0 Å². The number of nitro groups is 1. The largest absolute Gasteiger partial charge is 0.379 e. The van der Waals surface area contributed by atoms with Gasteiger partial charge >= 0.3 is 0 Å². The summed E-state index contributed by atoms with van der Waals surface area (Å²) >= 11 is 0. The van der Waals surface area contributed by atoms with E-state index in [-0.39, 0.29) is 17.2 Å². The zero-order valence-electron chi connectivity index (χ0n) is 21.9. The number of carbonyl (C=O) groups is 1. The Balaban J connectivity index is 1.47. The molecule has 1 fully saturated rings. The van der Waals surface area contributed by atoms with Gasteiger partial charge in [-0.25, -0.2) is 8.42 Å². The van der Waals surface area contributed by atoms with Crippen molar-refractivity contribution in [1.82, 2.24) is 4.90 Å². The smallest absolute Gasteiger partial charge is 0.270 e. The predicted molar refractivity (Wildman–Crippen MR) is 154 cm³/mol. The van der Waals surface area contributed by atoms with Crippen LogP contribution in [0.4, 0.5) is 22.7 Å². The molecule has 11 nitrogen and oxygen atoms in total. The van der Waals surface area contributed by atoms with Crippen molar-refractivity contribution in [3.63, 3.8) is 0 Å². The molecule has 0 atom stereocenters. The minimum Gasteiger partial charge on any atom is -0.379 e. The molecule has 208 valence electrons. The average molecular weight is 564 g/mol. The average Bonchev–Trinajstić information content (AvgIpc) is 3.27. The quantitative estimate of drug-likeness (QED) is 0.229. The van der Waals surface area contributed by atoms with Crippen molar-refractivity contribution >= 4 is 50.0 Å². The molecule has 0 aromatic heterocycles. The number of fused-ring (bicyclic) bond motifs is 1. The summed E-state index contributed by atoms with van der Waals surface area (Å²) in [6.07, 6.45) is 1.19. The Morgan fingerprint density at radius 3 is 2.42 bits per heavy atom. The Hall–Kier alpha value is -4.26. The first kappa shape index (κ1) is 27.3. The summed E-state index contributed by atoms with van der Waals surface area (Å²) in [5.74, 6) is -0.384. The fourth-order valence-corrected chi connectivity index (χ4v) is 5.72. The van der Waals surface area contributed by atoms with Crippen LogP contribution in [0.3, 0.4) is 0 Å². The first-order valence-corrected chi connectivity index (χ1v) is 14.6. The van der Waals surface area contributed by atoms with E-state index in [9.17, 15) is 23.3 Å². The van der Waals surface area contributed by atoms with Gasteiger partial charge in [0, 0.05) is 55.2 Å². The number of hydrogen-bond donors (Lipinski definition) is 2. The van der Waals surface area contributed by atoms with Gasteiger partial charge in [-0.2, -0.15) is 0 Å². The van der Waals surface area contributed by atoms with Gasteiger partial charge in [0.25, 0.3) is 11.6 Å². The van der Waals surface area contributed by atoms with E-state index in [1.54, 1.807) is 24.3 Å². The second-order valence-corrected chi connectivity index (χ2v) is 11.4. The molecule has 1 amide bonds. The van der Waals surface area contributed by atoms with Crippen LogP contribution in [0.2, 0.25) is 0 Å². The van der Waals surface area contributed by atoms with Crippen LogP contribution in [0.5, 0.6) is 0 Å². The molecule has 3 aromatic rings. The molecule has 2 N–H and O–H groups in total. The van der Waals surface area contributed by atoms with E-state index in [0.29, 0.717) is 60.2 Å². The number of nitrogens with one attached hydrogen (secondary N) is 2. The maximum absolute atomic E-state index is 13.1. The molecule has 5 rings (SSSR count). The molecule has 12 heteroatoms. The van der Waals surface area contributed by atoms with Gasteiger partial charge in [-0.1, -0.05) is 30.3 Å². The fourth-order valence-electron chi connectivity index (χ4n) is 4.80. The molecule has 1 saturated heterocycles. The summed E-state index contributed by atoms with van der Waals surface area (Å²) in [6, 6.07) is 20.4. The number of nitrogens with zero attached hydrogens (tertiary/aromatic N) is 3. The van der Waals surface area contributed by atoms with Crippen LogP contribution in [0.1, 0.15) is 11.1 Å². The molecule has 2 aliphatic rings. The van der Waals surface area contributed by atoms with Crippen molar-refractivity contribution in [3.8, 4) is 0 Å². The summed E-state index contributed by atoms with van der Waals surface area (Å²) in [5.41, 5.74) is 3.38. The minimum atomic E-state index is -3.52. The van der Waals surface area contributed by atoms with Gasteiger partial charge in [0.1, 0.15) is 0 Å². The minimum absolute atomic E-state index is 0.123. The number of amides is 1. The van der Waals surface area contributed by atoms with Gasteiger partial charge in [-0.05, 0) is 35.9 Å². The maximum atomic E-state index is 13.1. The Kier molecular flexibility index (Phi) is 7.83. The highest BCUT2D eigenvalue weighted by atomic mass is 32.2. The van der Waals surface area contributed by atoms with Crippen molar-refractivity contribution in [2.75, 3.05) is 60.6 Å². The number of morpholine rings is 1. The predicted octanol–water partition coefficient (Wildman–Crippen LogP) is 3.63. The van der Waals surface area contributed by atoms with Gasteiger partial charge in [-0.3, -0.25) is 24.1 Å². The molecule has 3 aromatic carbocycles. The normalized spacial score (nSPS) is 16.7. The molecule has 0 aliphatic carbocycles. The van der Waals surface area contributed by atoms with Crippen LogP contribution in [0.25, 0.3) is 11.3 Å². The Bertz CT molecular complexity index is 1550. The lowest BCUT2D eigenvalue weighted by Gasteiger charge is -2.30. The molecule has 0 saturated carbocycles. The first-order chi connectivity index (χ1) is 19.2. The van der Waals surface area contributed by atoms with E-state index in [2.05, 4.69) is 15.5 Å². The Labute approximate surface area is 232 Å². The molecule has 2 heterocycles.